The summed E-state index contributed by atoms with van der Waals surface area (Å²) >= 11 is 0. The van der Waals surface area contributed by atoms with Crippen LogP contribution in [0.1, 0.15) is 52.4 Å². The molecular formula is C15H30N2O. The largest absolute Gasteiger partial charge is 0.375 e. The van der Waals surface area contributed by atoms with Gasteiger partial charge in [-0.3, -0.25) is 4.90 Å². The molecule has 106 valence electrons. The maximum Gasteiger partial charge on any atom is 0.0730 e. The molecule has 1 heterocycles. The molecule has 1 saturated carbocycles. The predicted molar refractivity (Wildman–Crippen MR) is 75.9 cm³/mol. The van der Waals surface area contributed by atoms with Crippen molar-refractivity contribution in [3.63, 3.8) is 0 Å². The molecule has 1 N–H and O–H groups in total. The fourth-order valence-electron chi connectivity index (χ4n) is 3.44. The lowest BCUT2D eigenvalue weighted by molar-refractivity contribution is -0.0874. The summed E-state index contributed by atoms with van der Waals surface area (Å²) in [7, 11) is 0. The summed E-state index contributed by atoms with van der Waals surface area (Å²) in [6.45, 7) is 8.94. The molecule has 0 spiro atoms. The van der Waals surface area contributed by atoms with Crippen molar-refractivity contribution < 1.29 is 4.74 Å². The van der Waals surface area contributed by atoms with Gasteiger partial charge >= 0.3 is 0 Å². The SMILES string of the molecule is CCCC(C)NCCN1CCOC2CCCCC21. The minimum Gasteiger partial charge on any atom is -0.375 e. The number of hydrogen-bond donors (Lipinski definition) is 1. The molecule has 3 nitrogen and oxygen atoms in total. The van der Waals surface area contributed by atoms with Crippen LogP contribution in [0.15, 0.2) is 0 Å². The second-order valence-electron chi connectivity index (χ2n) is 5.94. The van der Waals surface area contributed by atoms with Gasteiger partial charge in [0.25, 0.3) is 0 Å². The normalized spacial score (nSPS) is 31.0. The van der Waals surface area contributed by atoms with Gasteiger partial charge in [-0.05, 0) is 26.2 Å². The minimum absolute atomic E-state index is 0.528. The van der Waals surface area contributed by atoms with Gasteiger partial charge in [-0.1, -0.05) is 26.2 Å². The second-order valence-corrected chi connectivity index (χ2v) is 5.94. The van der Waals surface area contributed by atoms with E-state index in [1.54, 1.807) is 0 Å². The van der Waals surface area contributed by atoms with Crippen LogP contribution in [0, 0.1) is 0 Å². The zero-order valence-electron chi connectivity index (χ0n) is 12.2. The lowest BCUT2D eigenvalue weighted by atomic mass is 9.90. The number of rotatable bonds is 6. The Labute approximate surface area is 112 Å². The van der Waals surface area contributed by atoms with Crippen molar-refractivity contribution >= 4 is 0 Å². The van der Waals surface area contributed by atoms with Crippen LogP contribution in [0.5, 0.6) is 0 Å². The molecule has 1 saturated heterocycles. The highest BCUT2D eigenvalue weighted by Gasteiger charge is 2.33. The third-order valence-corrected chi connectivity index (χ3v) is 4.46. The third-order valence-electron chi connectivity index (χ3n) is 4.46. The van der Waals surface area contributed by atoms with E-state index in [4.69, 9.17) is 4.74 Å². The number of morpholine rings is 1. The quantitative estimate of drug-likeness (QED) is 0.788. The van der Waals surface area contributed by atoms with Crippen molar-refractivity contribution in [1.82, 2.24) is 10.2 Å². The van der Waals surface area contributed by atoms with Gasteiger partial charge in [0, 0.05) is 31.7 Å². The monoisotopic (exact) mass is 254 g/mol. The first kappa shape index (κ1) is 14.3. The first-order valence-corrected chi connectivity index (χ1v) is 7.90. The minimum atomic E-state index is 0.528. The van der Waals surface area contributed by atoms with Crippen LogP contribution < -0.4 is 5.32 Å². The zero-order chi connectivity index (χ0) is 12.8. The summed E-state index contributed by atoms with van der Waals surface area (Å²) in [5, 5.41) is 3.64. The Morgan fingerprint density at radius 2 is 2.17 bits per heavy atom. The van der Waals surface area contributed by atoms with E-state index in [-0.39, 0.29) is 0 Å². The van der Waals surface area contributed by atoms with Crippen LogP contribution in [0.3, 0.4) is 0 Å². The van der Waals surface area contributed by atoms with Crippen molar-refractivity contribution in [3.8, 4) is 0 Å². The molecule has 0 aromatic rings. The topological polar surface area (TPSA) is 24.5 Å². The van der Waals surface area contributed by atoms with Crippen molar-refractivity contribution in [2.45, 2.75) is 70.6 Å². The highest BCUT2D eigenvalue weighted by atomic mass is 16.5. The standard InChI is InChI=1S/C15H30N2O/c1-3-6-13(2)16-9-10-17-11-12-18-15-8-5-4-7-14(15)17/h13-16H,3-12H2,1-2H3. The molecule has 2 fully saturated rings. The van der Waals surface area contributed by atoms with E-state index in [9.17, 15) is 0 Å². The smallest absolute Gasteiger partial charge is 0.0730 e. The van der Waals surface area contributed by atoms with Crippen LogP contribution in [0.25, 0.3) is 0 Å². The van der Waals surface area contributed by atoms with Crippen LogP contribution in [0.2, 0.25) is 0 Å². The summed E-state index contributed by atoms with van der Waals surface area (Å²) in [4.78, 5) is 2.67. The summed E-state index contributed by atoms with van der Waals surface area (Å²) in [5.74, 6) is 0. The Balaban J connectivity index is 1.70. The summed E-state index contributed by atoms with van der Waals surface area (Å²) in [6.07, 6.45) is 8.46. The highest BCUT2D eigenvalue weighted by Crippen LogP contribution is 2.27. The number of nitrogens with zero attached hydrogens (tertiary/aromatic N) is 1. The van der Waals surface area contributed by atoms with E-state index in [1.807, 2.05) is 0 Å². The molecule has 0 aromatic heterocycles. The third kappa shape index (κ3) is 3.94. The van der Waals surface area contributed by atoms with E-state index in [2.05, 4.69) is 24.1 Å². The average Bonchev–Trinajstić information content (AvgIpc) is 2.39. The molecule has 1 aliphatic carbocycles. The second kappa shape index (κ2) is 7.46. The van der Waals surface area contributed by atoms with Crippen LogP contribution in [-0.2, 0) is 4.74 Å². The molecule has 0 radical (unpaired) electrons. The molecular weight excluding hydrogens is 224 g/mol. The number of nitrogens with one attached hydrogen (secondary N) is 1. The van der Waals surface area contributed by atoms with Crippen LogP contribution >= 0.6 is 0 Å². The first-order valence-electron chi connectivity index (χ1n) is 7.90. The van der Waals surface area contributed by atoms with E-state index < -0.39 is 0 Å². The molecule has 0 bridgehead atoms. The van der Waals surface area contributed by atoms with Gasteiger partial charge in [0.05, 0.1) is 12.7 Å². The molecule has 3 unspecified atom stereocenters. The van der Waals surface area contributed by atoms with Crippen molar-refractivity contribution in [2.75, 3.05) is 26.2 Å². The van der Waals surface area contributed by atoms with Gasteiger partial charge < -0.3 is 10.1 Å². The van der Waals surface area contributed by atoms with E-state index in [1.165, 1.54) is 45.1 Å². The Hall–Kier alpha value is -0.120. The molecule has 0 aromatic carbocycles. The van der Waals surface area contributed by atoms with E-state index >= 15 is 0 Å². The zero-order valence-corrected chi connectivity index (χ0v) is 12.2. The lowest BCUT2D eigenvalue weighted by Crippen LogP contribution is -2.54. The van der Waals surface area contributed by atoms with Gasteiger partial charge in [-0.2, -0.15) is 0 Å². The summed E-state index contributed by atoms with van der Waals surface area (Å²) in [6, 6.07) is 1.37. The Kier molecular flexibility index (Phi) is 5.93. The molecule has 2 aliphatic rings. The molecule has 3 atom stereocenters. The maximum atomic E-state index is 5.92. The van der Waals surface area contributed by atoms with Gasteiger partial charge in [-0.15, -0.1) is 0 Å². The summed E-state index contributed by atoms with van der Waals surface area (Å²) < 4.78 is 5.92. The molecule has 3 heteroatoms. The van der Waals surface area contributed by atoms with Gasteiger partial charge in [0.2, 0.25) is 0 Å². The number of fused-ring (bicyclic) bond motifs is 1. The highest BCUT2D eigenvalue weighted by molar-refractivity contribution is 4.87. The van der Waals surface area contributed by atoms with E-state index in [0.29, 0.717) is 18.2 Å². The summed E-state index contributed by atoms with van der Waals surface area (Å²) in [5.41, 5.74) is 0. The molecule has 0 amide bonds. The van der Waals surface area contributed by atoms with Gasteiger partial charge in [-0.25, -0.2) is 0 Å². The molecule has 1 aliphatic heterocycles. The fraction of sp³-hybridized carbons (Fsp3) is 1.00. The maximum absolute atomic E-state index is 5.92. The average molecular weight is 254 g/mol. The fourth-order valence-corrected chi connectivity index (χ4v) is 3.44. The van der Waals surface area contributed by atoms with Crippen LogP contribution in [0.4, 0.5) is 0 Å². The van der Waals surface area contributed by atoms with Gasteiger partial charge in [0.1, 0.15) is 0 Å². The Bertz CT molecular complexity index is 233. The predicted octanol–water partition coefficient (Wildman–Crippen LogP) is 2.41. The molecule has 18 heavy (non-hydrogen) atoms. The first-order chi connectivity index (χ1) is 8.81. The number of ether oxygens (including phenoxy) is 1. The van der Waals surface area contributed by atoms with Gasteiger partial charge in [0.15, 0.2) is 0 Å². The number of hydrogen-bond acceptors (Lipinski definition) is 3. The Morgan fingerprint density at radius 3 is 3.00 bits per heavy atom. The Morgan fingerprint density at radius 1 is 1.33 bits per heavy atom. The molecule has 2 rings (SSSR count). The lowest BCUT2D eigenvalue weighted by Gasteiger charge is -2.44. The van der Waals surface area contributed by atoms with Crippen molar-refractivity contribution in [2.24, 2.45) is 0 Å². The van der Waals surface area contributed by atoms with E-state index in [0.717, 1.165) is 19.7 Å². The van der Waals surface area contributed by atoms with Crippen molar-refractivity contribution in [1.29, 1.82) is 0 Å². The van der Waals surface area contributed by atoms with Crippen LogP contribution in [-0.4, -0.2) is 49.3 Å². The van der Waals surface area contributed by atoms with Crippen molar-refractivity contribution in [3.05, 3.63) is 0 Å².